The van der Waals surface area contributed by atoms with E-state index in [0.29, 0.717) is 6.04 Å². The Bertz CT molecular complexity index is 306. The van der Waals surface area contributed by atoms with Crippen LogP contribution in [-0.4, -0.2) is 74.4 Å². The van der Waals surface area contributed by atoms with Gasteiger partial charge in [0.1, 0.15) is 0 Å². The summed E-state index contributed by atoms with van der Waals surface area (Å²) in [5, 5.41) is 3.62. The van der Waals surface area contributed by atoms with Crippen LogP contribution in [0.3, 0.4) is 0 Å². The second-order valence-corrected chi connectivity index (χ2v) is 7.04. The van der Waals surface area contributed by atoms with Crippen molar-refractivity contribution in [1.82, 2.24) is 15.1 Å². The van der Waals surface area contributed by atoms with E-state index in [2.05, 4.69) is 22.2 Å². The predicted molar refractivity (Wildman–Crippen MR) is 86.7 cm³/mol. The molecule has 122 valence electrons. The number of rotatable bonds is 3. The largest absolute Gasteiger partial charge is 0.379 e. The molecule has 1 saturated carbocycles. The van der Waals surface area contributed by atoms with Crippen LogP contribution in [0, 0.1) is 0 Å². The molecule has 2 aliphatic heterocycles. The lowest BCUT2D eigenvalue weighted by Gasteiger charge is -2.37. The highest BCUT2D eigenvalue weighted by atomic mass is 16.5. The van der Waals surface area contributed by atoms with E-state index in [4.69, 9.17) is 4.74 Å². The van der Waals surface area contributed by atoms with Gasteiger partial charge in [0.15, 0.2) is 0 Å². The first-order chi connectivity index (χ1) is 10.4. The van der Waals surface area contributed by atoms with Crippen LogP contribution in [0.4, 0.5) is 0 Å². The lowest BCUT2D eigenvalue weighted by atomic mass is 9.91. The summed E-state index contributed by atoms with van der Waals surface area (Å²) in [5.41, 5.74) is 0. The maximum atomic E-state index is 5.50. The Balaban J connectivity index is 1.57. The van der Waals surface area contributed by atoms with Gasteiger partial charge in [-0.3, -0.25) is 9.80 Å². The molecule has 21 heavy (non-hydrogen) atoms. The van der Waals surface area contributed by atoms with Crippen LogP contribution in [-0.2, 0) is 4.74 Å². The molecule has 0 aromatic carbocycles. The highest BCUT2D eigenvalue weighted by molar-refractivity contribution is 4.92. The van der Waals surface area contributed by atoms with E-state index >= 15 is 0 Å². The third-order valence-corrected chi connectivity index (χ3v) is 5.83. The molecule has 4 heteroatoms. The number of morpholine rings is 1. The maximum absolute atomic E-state index is 5.50. The van der Waals surface area contributed by atoms with Crippen molar-refractivity contribution < 1.29 is 4.74 Å². The summed E-state index contributed by atoms with van der Waals surface area (Å²) in [6, 6.07) is 2.24. The normalized spacial score (nSPS) is 37.3. The average Bonchev–Trinajstić information content (AvgIpc) is 2.98. The second-order valence-electron chi connectivity index (χ2n) is 7.04. The molecule has 2 saturated heterocycles. The molecule has 1 N–H and O–H groups in total. The summed E-state index contributed by atoms with van der Waals surface area (Å²) >= 11 is 0. The van der Waals surface area contributed by atoms with Gasteiger partial charge in [-0.05, 0) is 26.3 Å². The van der Waals surface area contributed by atoms with Gasteiger partial charge in [0, 0.05) is 44.3 Å². The van der Waals surface area contributed by atoms with E-state index in [1.54, 1.807) is 0 Å². The van der Waals surface area contributed by atoms with Crippen molar-refractivity contribution in [3.8, 4) is 0 Å². The van der Waals surface area contributed by atoms with E-state index in [0.717, 1.165) is 38.4 Å². The fourth-order valence-electron chi connectivity index (χ4n) is 4.55. The molecule has 0 amide bonds. The molecule has 1 aliphatic carbocycles. The molecular weight excluding hydrogens is 262 g/mol. The minimum atomic E-state index is 0.703. The minimum Gasteiger partial charge on any atom is -0.379 e. The zero-order valence-corrected chi connectivity index (χ0v) is 13.7. The molecule has 0 aromatic heterocycles. The van der Waals surface area contributed by atoms with E-state index in [-0.39, 0.29) is 0 Å². The SMILES string of the molecule is CNC1CCCCCCC1N1CCC(N2CCOCC2)C1. The number of nitrogens with one attached hydrogen (secondary N) is 1. The quantitative estimate of drug-likeness (QED) is 0.858. The summed E-state index contributed by atoms with van der Waals surface area (Å²) in [4.78, 5) is 5.47. The van der Waals surface area contributed by atoms with Gasteiger partial charge in [-0.2, -0.15) is 0 Å². The number of nitrogens with zero attached hydrogens (tertiary/aromatic N) is 2. The topological polar surface area (TPSA) is 27.7 Å². The first kappa shape index (κ1) is 15.7. The zero-order chi connectivity index (χ0) is 14.5. The highest BCUT2D eigenvalue weighted by Crippen LogP contribution is 2.26. The molecule has 2 heterocycles. The van der Waals surface area contributed by atoms with Crippen molar-refractivity contribution >= 4 is 0 Å². The van der Waals surface area contributed by atoms with Gasteiger partial charge in [0.2, 0.25) is 0 Å². The average molecular weight is 295 g/mol. The Morgan fingerprint density at radius 3 is 2.38 bits per heavy atom. The summed E-state index contributed by atoms with van der Waals surface area (Å²) < 4.78 is 5.50. The first-order valence-corrected chi connectivity index (χ1v) is 9.11. The molecule has 3 rings (SSSR count). The lowest BCUT2D eigenvalue weighted by molar-refractivity contribution is 0.0168. The van der Waals surface area contributed by atoms with Crippen LogP contribution in [0.5, 0.6) is 0 Å². The molecule has 0 radical (unpaired) electrons. The lowest BCUT2D eigenvalue weighted by Crippen LogP contribution is -2.50. The number of hydrogen-bond donors (Lipinski definition) is 1. The fraction of sp³-hybridized carbons (Fsp3) is 1.00. The fourth-order valence-corrected chi connectivity index (χ4v) is 4.55. The van der Waals surface area contributed by atoms with Crippen LogP contribution in [0.2, 0.25) is 0 Å². The first-order valence-electron chi connectivity index (χ1n) is 9.11. The van der Waals surface area contributed by atoms with Gasteiger partial charge in [-0.15, -0.1) is 0 Å². The standard InChI is InChI=1S/C17H33N3O/c1-18-16-6-4-2-3-5-7-17(16)20-9-8-15(14-20)19-10-12-21-13-11-19/h15-18H,2-14H2,1H3. The van der Waals surface area contributed by atoms with E-state index < -0.39 is 0 Å². The van der Waals surface area contributed by atoms with Gasteiger partial charge in [-0.1, -0.05) is 25.7 Å². The van der Waals surface area contributed by atoms with Crippen molar-refractivity contribution in [1.29, 1.82) is 0 Å². The van der Waals surface area contributed by atoms with Crippen molar-refractivity contribution in [2.45, 2.75) is 63.1 Å². The van der Waals surface area contributed by atoms with E-state index in [9.17, 15) is 0 Å². The Hall–Kier alpha value is -0.160. The van der Waals surface area contributed by atoms with Gasteiger partial charge in [0.05, 0.1) is 13.2 Å². The minimum absolute atomic E-state index is 0.703. The van der Waals surface area contributed by atoms with Crippen LogP contribution in [0.25, 0.3) is 0 Å². The van der Waals surface area contributed by atoms with E-state index in [1.807, 2.05) is 0 Å². The number of ether oxygens (including phenoxy) is 1. The number of likely N-dealkylation sites (tertiary alicyclic amines) is 1. The van der Waals surface area contributed by atoms with Crippen molar-refractivity contribution in [2.24, 2.45) is 0 Å². The smallest absolute Gasteiger partial charge is 0.0594 e. The van der Waals surface area contributed by atoms with Crippen molar-refractivity contribution in [2.75, 3.05) is 46.4 Å². The molecule has 3 unspecified atom stereocenters. The zero-order valence-electron chi connectivity index (χ0n) is 13.7. The molecule has 0 spiro atoms. The number of likely N-dealkylation sites (N-methyl/N-ethyl adjacent to an activating group) is 1. The molecule has 3 fully saturated rings. The van der Waals surface area contributed by atoms with Crippen molar-refractivity contribution in [3.63, 3.8) is 0 Å². The Morgan fingerprint density at radius 2 is 1.62 bits per heavy atom. The van der Waals surface area contributed by atoms with Gasteiger partial charge >= 0.3 is 0 Å². The summed E-state index contributed by atoms with van der Waals surface area (Å²) in [6.07, 6.45) is 9.80. The summed E-state index contributed by atoms with van der Waals surface area (Å²) in [5.74, 6) is 0. The van der Waals surface area contributed by atoms with Crippen LogP contribution in [0.1, 0.15) is 44.9 Å². The predicted octanol–water partition coefficient (Wildman–Crippen LogP) is 1.70. The Morgan fingerprint density at radius 1 is 0.857 bits per heavy atom. The van der Waals surface area contributed by atoms with Crippen LogP contribution < -0.4 is 5.32 Å². The second kappa shape index (κ2) is 7.91. The van der Waals surface area contributed by atoms with Gasteiger partial charge in [0.25, 0.3) is 0 Å². The molecular formula is C17H33N3O. The van der Waals surface area contributed by atoms with Crippen LogP contribution in [0.15, 0.2) is 0 Å². The maximum Gasteiger partial charge on any atom is 0.0594 e. The summed E-state index contributed by atoms with van der Waals surface area (Å²) in [6.45, 7) is 6.71. The third-order valence-electron chi connectivity index (χ3n) is 5.83. The monoisotopic (exact) mass is 295 g/mol. The molecule has 4 nitrogen and oxygen atoms in total. The third kappa shape index (κ3) is 3.98. The Labute approximate surface area is 130 Å². The highest BCUT2D eigenvalue weighted by Gasteiger charge is 2.35. The van der Waals surface area contributed by atoms with Gasteiger partial charge < -0.3 is 10.1 Å². The molecule has 0 aromatic rings. The van der Waals surface area contributed by atoms with Crippen LogP contribution >= 0.6 is 0 Å². The Kier molecular flexibility index (Phi) is 5.92. The summed E-state index contributed by atoms with van der Waals surface area (Å²) in [7, 11) is 2.16. The van der Waals surface area contributed by atoms with Gasteiger partial charge in [-0.25, -0.2) is 0 Å². The molecule has 3 aliphatic rings. The van der Waals surface area contributed by atoms with Crippen molar-refractivity contribution in [3.05, 3.63) is 0 Å². The molecule has 3 atom stereocenters. The number of hydrogen-bond acceptors (Lipinski definition) is 4. The van der Waals surface area contributed by atoms with E-state index in [1.165, 1.54) is 58.0 Å². The molecule has 0 bridgehead atoms.